The zero-order chi connectivity index (χ0) is 12.8. The van der Waals surface area contributed by atoms with Gasteiger partial charge in [-0.05, 0) is 37.6 Å². The maximum atomic E-state index is 6.03. The Morgan fingerprint density at radius 2 is 2.06 bits per heavy atom. The molecule has 0 aromatic carbocycles. The van der Waals surface area contributed by atoms with Crippen LogP contribution in [0, 0.1) is 17.8 Å². The van der Waals surface area contributed by atoms with E-state index in [0.717, 1.165) is 24.3 Å². The molecule has 1 saturated carbocycles. The molecule has 0 heterocycles. The fourth-order valence-electron chi connectivity index (χ4n) is 3.32. The first-order valence-corrected chi connectivity index (χ1v) is 7.48. The lowest BCUT2D eigenvalue weighted by Crippen LogP contribution is -2.46. The Kier molecular flexibility index (Phi) is 6.50. The third-order valence-corrected chi connectivity index (χ3v) is 4.63. The molecule has 0 aliphatic heterocycles. The van der Waals surface area contributed by atoms with Crippen molar-refractivity contribution < 1.29 is 0 Å². The Labute approximate surface area is 108 Å². The summed E-state index contributed by atoms with van der Waals surface area (Å²) in [5.74, 6) is 2.52. The van der Waals surface area contributed by atoms with Crippen LogP contribution >= 0.6 is 0 Å². The van der Waals surface area contributed by atoms with Crippen molar-refractivity contribution in [1.29, 1.82) is 0 Å². The van der Waals surface area contributed by atoms with Crippen molar-refractivity contribution in [2.75, 3.05) is 20.1 Å². The highest BCUT2D eigenvalue weighted by atomic mass is 15.1. The van der Waals surface area contributed by atoms with E-state index in [0.29, 0.717) is 6.04 Å². The molecule has 1 aliphatic rings. The maximum absolute atomic E-state index is 6.03. The van der Waals surface area contributed by atoms with Crippen LogP contribution in [0.2, 0.25) is 0 Å². The fraction of sp³-hybridized carbons (Fsp3) is 1.00. The quantitative estimate of drug-likeness (QED) is 0.773. The van der Waals surface area contributed by atoms with Crippen molar-refractivity contribution in [2.24, 2.45) is 23.5 Å². The van der Waals surface area contributed by atoms with Gasteiger partial charge < -0.3 is 10.6 Å². The summed E-state index contributed by atoms with van der Waals surface area (Å²) < 4.78 is 0. The number of nitrogens with zero attached hydrogens (tertiary/aromatic N) is 1. The van der Waals surface area contributed by atoms with Crippen LogP contribution in [0.25, 0.3) is 0 Å². The van der Waals surface area contributed by atoms with Gasteiger partial charge in [0.1, 0.15) is 0 Å². The Hall–Kier alpha value is -0.0800. The zero-order valence-electron chi connectivity index (χ0n) is 12.3. The van der Waals surface area contributed by atoms with Gasteiger partial charge in [0.05, 0.1) is 0 Å². The topological polar surface area (TPSA) is 29.3 Å². The molecule has 102 valence electrons. The second-order valence-corrected chi connectivity index (χ2v) is 6.29. The van der Waals surface area contributed by atoms with Gasteiger partial charge in [0.25, 0.3) is 0 Å². The molecule has 0 aromatic heterocycles. The van der Waals surface area contributed by atoms with Crippen molar-refractivity contribution in [3.63, 3.8) is 0 Å². The predicted octanol–water partition coefficient (Wildman–Crippen LogP) is 3.12. The Bertz CT molecular complexity index is 205. The van der Waals surface area contributed by atoms with E-state index in [1.54, 1.807) is 0 Å². The molecule has 0 saturated heterocycles. The van der Waals surface area contributed by atoms with E-state index in [1.807, 2.05) is 0 Å². The summed E-state index contributed by atoms with van der Waals surface area (Å²) in [6.07, 6.45) is 6.86. The summed E-state index contributed by atoms with van der Waals surface area (Å²) in [7, 11) is 2.27. The smallest absolute Gasteiger partial charge is 0.0243 e. The van der Waals surface area contributed by atoms with Crippen LogP contribution in [0.5, 0.6) is 0 Å². The number of hydrogen-bond acceptors (Lipinski definition) is 2. The number of likely N-dealkylation sites (N-methyl/N-ethyl adjacent to an activating group) is 1. The van der Waals surface area contributed by atoms with Gasteiger partial charge in [0.2, 0.25) is 0 Å². The van der Waals surface area contributed by atoms with E-state index in [9.17, 15) is 0 Å². The average molecular weight is 240 g/mol. The van der Waals surface area contributed by atoms with Crippen molar-refractivity contribution in [2.45, 2.75) is 58.9 Å². The Morgan fingerprint density at radius 1 is 1.35 bits per heavy atom. The summed E-state index contributed by atoms with van der Waals surface area (Å²) in [6.45, 7) is 9.04. The molecule has 2 nitrogen and oxygen atoms in total. The zero-order valence-corrected chi connectivity index (χ0v) is 12.3. The van der Waals surface area contributed by atoms with Gasteiger partial charge in [-0.2, -0.15) is 0 Å². The molecule has 1 aliphatic carbocycles. The maximum Gasteiger partial charge on any atom is 0.0243 e. The van der Waals surface area contributed by atoms with E-state index in [4.69, 9.17) is 5.73 Å². The molecule has 0 radical (unpaired) electrons. The molecule has 4 atom stereocenters. The minimum Gasteiger partial charge on any atom is -0.329 e. The molecular weight excluding hydrogens is 208 g/mol. The molecule has 4 unspecified atom stereocenters. The van der Waals surface area contributed by atoms with Crippen molar-refractivity contribution in [3.05, 3.63) is 0 Å². The third-order valence-electron chi connectivity index (χ3n) is 4.63. The van der Waals surface area contributed by atoms with Gasteiger partial charge in [0.15, 0.2) is 0 Å². The van der Waals surface area contributed by atoms with E-state index in [1.165, 1.54) is 38.6 Å². The number of hydrogen-bond donors (Lipinski definition) is 1. The molecule has 0 amide bonds. The first kappa shape index (κ1) is 15.0. The van der Waals surface area contributed by atoms with Crippen LogP contribution in [0.15, 0.2) is 0 Å². The summed E-state index contributed by atoms with van der Waals surface area (Å²) in [5.41, 5.74) is 6.03. The molecule has 2 heteroatoms. The summed E-state index contributed by atoms with van der Waals surface area (Å²) in [6, 6.07) is 0.603. The van der Waals surface area contributed by atoms with E-state index >= 15 is 0 Å². The van der Waals surface area contributed by atoms with E-state index in [-0.39, 0.29) is 0 Å². The monoisotopic (exact) mass is 240 g/mol. The normalized spacial score (nSPS) is 29.3. The van der Waals surface area contributed by atoms with Crippen LogP contribution in [0.4, 0.5) is 0 Å². The lowest BCUT2D eigenvalue weighted by atomic mass is 9.78. The average Bonchev–Trinajstić information content (AvgIpc) is 2.30. The Balaban J connectivity index is 2.50. The van der Waals surface area contributed by atoms with Gasteiger partial charge in [-0.15, -0.1) is 0 Å². The van der Waals surface area contributed by atoms with Crippen molar-refractivity contribution in [3.8, 4) is 0 Å². The molecule has 0 bridgehead atoms. The third kappa shape index (κ3) is 4.59. The number of nitrogens with two attached hydrogens (primary N) is 1. The van der Waals surface area contributed by atoms with Gasteiger partial charge in [-0.25, -0.2) is 0 Å². The highest BCUT2D eigenvalue weighted by Crippen LogP contribution is 2.32. The number of rotatable bonds is 6. The van der Waals surface area contributed by atoms with Crippen LogP contribution in [0.1, 0.15) is 52.9 Å². The van der Waals surface area contributed by atoms with Gasteiger partial charge >= 0.3 is 0 Å². The summed E-state index contributed by atoms with van der Waals surface area (Å²) in [4.78, 5) is 2.52. The molecule has 0 aromatic rings. The van der Waals surface area contributed by atoms with Crippen LogP contribution < -0.4 is 5.73 Å². The van der Waals surface area contributed by atoms with E-state index < -0.39 is 0 Å². The molecule has 2 N–H and O–H groups in total. The van der Waals surface area contributed by atoms with Crippen LogP contribution in [-0.2, 0) is 0 Å². The molecule has 0 spiro atoms. The largest absolute Gasteiger partial charge is 0.329 e. The molecule has 17 heavy (non-hydrogen) atoms. The van der Waals surface area contributed by atoms with Gasteiger partial charge in [-0.3, -0.25) is 0 Å². The Morgan fingerprint density at radius 3 is 2.59 bits per heavy atom. The van der Waals surface area contributed by atoms with Crippen LogP contribution in [-0.4, -0.2) is 31.1 Å². The summed E-state index contributed by atoms with van der Waals surface area (Å²) in [5, 5.41) is 0. The summed E-state index contributed by atoms with van der Waals surface area (Å²) >= 11 is 0. The molecular formula is C15H32N2. The second-order valence-electron chi connectivity index (χ2n) is 6.29. The SMILES string of the molecule is CCC(C)CN(C)C(CN)C1CCCC(C)C1. The predicted molar refractivity (Wildman–Crippen MR) is 76.0 cm³/mol. The minimum atomic E-state index is 0.603. The van der Waals surface area contributed by atoms with Crippen molar-refractivity contribution in [1.82, 2.24) is 4.90 Å². The first-order chi connectivity index (χ1) is 8.08. The minimum absolute atomic E-state index is 0.603. The van der Waals surface area contributed by atoms with Crippen molar-refractivity contribution >= 4 is 0 Å². The second kappa shape index (κ2) is 7.38. The van der Waals surface area contributed by atoms with Crippen LogP contribution in [0.3, 0.4) is 0 Å². The first-order valence-electron chi connectivity index (χ1n) is 7.48. The lowest BCUT2D eigenvalue weighted by Gasteiger charge is -2.38. The van der Waals surface area contributed by atoms with Gasteiger partial charge in [-0.1, -0.05) is 40.0 Å². The highest BCUT2D eigenvalue weighted by Gasteiger charge is 2.28. The molecule has 1 rings (SSSR count). The molecule has 1 fully saturated rings. The lowest BCUT2D eigenvalue weighted by molar-refractivity contribution is 0.117. The highest BCUT2D eigenvalue weighted by molar-refractivity contribution is 4.83. The van der Waals surface area contributed by atoms with E-state index in [2.05, 4.69) is 32.7 Å². The standard InChI is InChI=1S/C15H32N2/c1-5-12(2)11-17(4)15(10-16)14-8-6-7-13(3)9-14/h12-15H,5-11,16H2,1-4H3. The fourth-order valence-corrected chi connectivity index (χ4v) is 3.32. The van der Waals surface area contributed by atoms with Gasteiger partial charge in [0, 0.05) is 19.1 Å².